The monoisotopic (exact) mass is 278 g/mol. The average Bonchev–Trinajstić information content (AvgIpc) is 2.71. The van der Waals surface area contributed by atoms with E-state index in [0.717, 1.165) is 31.9 Å². The maximum Gasteiger partial charge on any atom is 0.127 e. The van der Waals surface area contributed by atoms with Crippen molar-refractivity contribution in [2.24, 2.45) is 5.73 Å². The Kier molecular flexibility index (Phi) is 5.22. The topological polar surface area (TPSA) is 47.1 Å². The highest BCUT2D eigenvalue weighted by atomic mass is 15.2. The minimum Gasteiger partial charge on any atom is -0.334 e. The molecule has 1 atom stereocenters. The van der Waals surface area contributed by atoms with Crippen LogP contribution in [0.5, 0.6) is 0 Å². The molecule has 2 rings (SSSR count). The van der Waals surface area contributed by atoms with Crippen LogP contribution >= 0.6 is 0 Å². The van der Waals surface area contributed by atoms with Crippen molar-refractivity contribution >= 4 is 0 Å². The summed E-state index contributed by atoms with van der Waals surface area (Å²) in [6, 6.07) is -0.0397. The number of likely N-dealkylation sites (tertiary alicyclic amines) is 1. The standard InChI is InChI=1S/C16H30N4/c1-4-10-19-13-9-18-15(19)14(17)16(2,3)20-11-7-5-6-8-12-20/h9,13-14H,4-8,10-12,17H2,1-3H3. The van der Waals surface area contributed by atoms with Gasteiger partial charge in [0.25, 0.3) is 0 Å². The molecule has 0 aromatic carbocycles. The van der Waals surface area contributed by atoms with E-state index in [4.69, 9.17) is 5.73 Å². The second-order valence-electron chi connectivity index (χ2n) is 6.51. The molecule has 1 fully saturated rings. The van der Waals surface area contributed by atoms with Crippen LogP contribution in [-0.2, 0) is 6.54 Å². The molecule has 2 N–H and O–H groups in total. The van der Waals surface area contributed by atoms with Crippen molar-refractivity contribution in [3.8, 4) is 0 Å². The van der Waals surface area contributed by atoms with Crippen molar-refractivity contribution in [1.82, 2.24) is 14.5 Å². The van der Waals surface area contributed by atoms with Gasteiger partial charge in [0.2, 0.25) is 0 Å². The Morgan fingerprint density at radius 3 is 2.50 bits per heavy atom. The summed E-state index contributed by atoms with van der Waals surface area (Å²) >= 11 is 0. The van der Waals surface area contributed by atoms with Crippen LogP contribution in [0.4, 0.5) is 0 Å². The van der Waals surface area contributed by atoms with E-state index in [1.54, 1.807) is 0 Å². The van der Waals surface area contributed by atoms with Crippen molar-refractivity contribution < 1.29 is 0 Å². The molecule has 0 radical (unpaired) electrons. The largest absolute Gasteiger partial charge is 0.334 e. The zero-order valence-electron chi connectivity index (χ0n) is 13.3. The summed E-state index contributed by atoms with van der Waals surface area (Å²) in [5.41, 5.74) is 6.56. The zero-order valence-corrected chi connectivity index (χ0v) is 13.3. The molecule has 0 bridgehead atoms. The van der Waals surface area contributed by atoms with Crippen LogP contribution in [0.2, 0.25) is 0 Å². The molecule has 1 aromatic heterocycles. The van der Waals surface area contributed by atoms with E-state index in [9.17, 15) is 0 Å². The van der Waals surface area contributed by atoms with Crippen LogP contribution in [0, 0.1) is 0 Å². The molecule has 1 aliphatic rings. The Labute approximate surface area is 123 Å². The van der Waals surface area contributed by atoms with Crippen LogP contribution in [0.15, 0.2) is 12.4 Å². The van der Waals surface area contributed by atoms with Crippen LogP contribution < -0.4 is 5.73 Å². The number of hydrogen-bond donors (Lipinski definition) is 1. The predicted octanol–water partition coefficient (Wildman–Crippen LogP) is 2.95. The van der Waals surface area contributed by atoms with E-state index < -0.39 is 0 Å². The van der Waals surface area contributed by atoms with Gasteiger partial charge in [0.05, 0.1) is 6.04 Å². The molecule has 0 spiro atoms. The average molecular weight is 278 g/mol. The van der Waals surface area contributed by atoms with E-state index in [0.29, 0.717) is 0 Å². The number of aromatic nitrogens is 2. The Morgan fingerprint density at radius 2 is 1.90 bits per heavy atom. The number of imidazole rings is 1. The van der Waals surface area contributed by atoms with Crippen molar-refractivity contribution in [2.45, 2.75) is 71.0 Å². The molecule has 0 amide bonds. The molecular formula is C16H30N4. The second-order valence-corrected chi connectivity index (χ2v) is 6.51. The molecule has 1 saturated heterocycles. The van der Waals surface area contributed by atoms with E-state index in [1.165, 1.54) is 25.7 Å². The Balaban J connectivity index is 2.16. The first kappa shape index (κ1) is 15.5. The maximum absolute atomic E-state index is 6.61. The second kappa shape index (κ2) is 6.72. The third kappa shape index (κ3) is 3.23. The van der Waals surface area contributed by atoms with Gasteiger partial charge in [0, 0.05) is 24.5 Å². The predicted molar refractivity (Wildman–Crippen MR) is 83.6 cm³/mol. The fraction of sp³-hybridized carbons (Fsp3) is 0.812. The Morgan fingerprint density at radius 1 is 1.25 bits per heavy atom. The molecule has 1 unspecified atom stereocenters. The summed E-state index contributed by atoms with van der Waals surface area (Å²) < 4.78 is 2.21. The van der Waals surface area contributed by atoms with Gasteiger partial charge in [0.1, 0.15) is 5.82 Å². The molecule has 0 aliphatic carbocycles. The van der Waals surface area contributed by atoms with Crippen molar-refractivity contribution in [2.75, 3.05) is 13.1 Å². The quantitative estimate of drug-likeness (QED) is 0.901. The van der Waals surface area contributed by atoms with Gasteiger partial charge in [-0.25, -0.2) is 4.98 Å². The van der Waals surface area contributed by atoms with Crippen LogP contribution in [-0.4, -0.2) is 33.1 Å². The SMILES string of the molecule is CCCn1ccnc1C(N)C(C)(C)N1CCCCCC1. The molecule has 1 aromatic rings. The molecule has 114 valence electrons. The minimum atomic E-state index is -0.0405. The molecule has 1 aliphatic heterocycles. The summed E-state index contributed by atoms with van der Waals surface area (Å²) in [7, 11) is 0. The highest BCUT2D eigenvalue weighted by molar-refractivity contribution is 5.07. The summed E-state index contributed by atoms with van der Waals surface area (Å²) in [5, 5.41) is 0. The molecule has 4 nitrogen and oxygen atoms in total. The number of aryl methyl sites for hydroxylation is 1. The van der Waals surface area contributed by atoms with Crippen molar-refractivity contribution in [3.05, 3.63) is 18.2 Å². The van der Waals surface area contributed by atoms with Gasteiger partial charge in [-0.15, -0.1) is 0 Å². The summed E-state index contributed by atoms with van der Waals surface area (Å²) in [6.07, 6.45) is 10.3. The molecule has 20 heavy (non-hydrogen) atoms. The number of nitrogens with zero attached hydrogens (tertiary/aromatic N) is 3. The van der Waals surface area contributed by atoms with E-state index in [-0.39, 0.29) is 11.6 Å². The highest BCUT2D eigenvalue weighted by Gasteiger charge is 2.36. The van der Waals surface area contributed by atoms with Crippen LogP contribution in [0.25, 0.3) is 0 Å². The first-order chi connectivity index (χ1) is 9.57. The van der Waals surface area contributed by atoms with E-state index >= 15 is 0 Å². The lowest BCUT2D eigenvalue weighted by atomic mass is 9.91. The van der Waals surface area contributed by atoms with E-state index in [2.05, 4.69) is 41.4 Å². The number of hydrogen-bond acceptors (Lipinski definition) is 3. The van der Waals surface area contributed by atoms with Crippen molar-refractivity contribution in [3.63, 3.8) is 0 Å². The van der Waals surface area contributed by atoms with Crippen LogP contribution in [0.1, 0.15) is 64.7 Å². The molecular weight excluding hydrogens is 248 g/mol. The molecule has 2 heterocycles. The fourth-order valence-electron chi connectivity index (χ4n) is 3.19. The van der Waals surface area contributed by atoms with Gasteiger partial charge in [-0.1, -0.05) is 19.8 Å². The van der Waals surface area contributed by atoms with Gasteiger partial charge in [0.15, 0.2) is 0 Å². The normalized spacial score (nSPS) is 19.8. The number of rotatable bonds is 5. The van der Waals surface area contributed by atoms with E-state index in [1.807, 2.05) is 6.20 Å². The fourth-order valence-corrected chi connectivity index (χ4v) is 3.19. The van der Waals surface area contributed by atoms with Gasteiger partial charge >= 0.3 is 0 Å². The van der Waals surface area contributed by atoms with Crippen molar-refractivity contribution in [1.29, 1.82) is 0 Å². The Bertz CT molecular complexity index is 402. The zero-order chi connectivity index (χ0) is 14.6. The third-order valence-corrected chi connectivity index (χ3v) is 4.67. The van der Waals surface area contributed by atoms with Gasteiger partial charge < -0.3 is 10.3 Å². The summed E-state index contributed by atoms with van der Waals surface area (Å²) in [5.74, 6) is 1.03. The van der Waals surface area contributed by atoms with Gasteiger partial charge in [-0.05, 0) is 46.2 Å². The first-order valence-corrected chi connectivity index (χ1v) is 8.09. The lowest BCUT2D eigenvalue weighted by Gasteiger charge is -2.42. The maximum atomic E-state index is 6.61. The first-order valence-electron chi connectivity index (χ1n) is 8.09. The Hall–Kier alpha value is -0.870. The lowest BCUT2D eigenvalue weighted by Crippen LogP contribution is -2.52. The minimum absolute atomic E-state index is 0.0397. The summed E-state index contributed by atoms with van der Waals surface area (Å²) in [6.45, 7) is 10.1. The lowest BCUT2D eigenvalue weighted by molar-refractivity contribution is 0.0937. The molecule has 0 saturated carbocycles. The molecule has 4 heteroatoms. The van der Waals surface area contributed by atoms with Crippen LogP contribution in [0.3, 0.4) is 0 Å². The number of nitrogens with two attached hydrogens (primary N) is 1. The van der Waals surface area contributed by atoms with Gasteiger partial charge in [-0.2, -0.15) is 0 Å². The van der Waals surface area contributed by atoms with Gasteiger partial charge in [-0.3, -0.25) is 4.90 Å². The summed E-state index contributed by atoms with van der Waals surface area (Å²) in [4.78, 5) is 7.10. The smallest absolute Gasteiger partial charge is 0.127 e. The highest BCUT2D eigenvalue weighted by Crippen LogP contribution is 2.30. The third-order valence-electron chi connectivity index (χ3n) is 4.67.